The molecule has 0 spiro atoms. The average molecular weight is 434 g/mol. The Morgan fingerprint density at radius 1 is 1.15 bits per heavy atom. The van der Waals surface area contributed by atoms with Crippen LogP contribution in [0.1, 0.15) is 10.4 Å². The number of rotatable bonds is 6. The van der Waals surface area contributed by atoms with Gasteiger partial charge in [0.15, 0.2) is 0 Å². The number of carbonyl (C=O) groups is 1. The monoisotopic (exact) mass is 433 g/mol. The average Bonchev–Trinajstić information content (AvgIpc) is 2.68. The van der Waals surface area contributed by atoms with E-state index in [2.05, 4.69) is 23.0 Å². The minimum absolute atomic E-state index is 0.0842. The first-order valence-electron chi connectivity index (χ1n) is 9.19. The molecule has 1 aliphatic rings. The highest BCUT2D eigenvalue weighted by Gasteiger charge is 2.33. The third-order valence-electron chi connectivity index (χ3n) is 5.04. The molecule has 1 aliphatic heterocycles. The van der Waals surface area contributed by atoms with Crippen molar-refractivity contribution in [2.75, 3.05) is 46.4 Å². The van der Waals surface area contributed by atoms with Crippen LogP contribution in [0.3, 0.4) is 0 Å². The maximum Gasteiger partial charge on any atom is 0.254 e. The molecule has 144 valence electrons. The third kappa shape index (κ3) is 5.54. The SMILES string of the molecule is C[N+]1(CC(O)COc2ccc(Br)cc2)CCN(C(=O)c2ccccc2)CC1. The first-order valence-corrected chi connectivity index (χ1v) is 9.99. The number of nitrogens with zero attached hydrogens (tertiary/aromatic N) is 2. The molecule has 1 heterocycles. The van der Waals surface area contributed by atoms with Crippen molar-refractivity contribution in [3.05, 3.63) is 64.6 Å². The maximum atomic E-state index is 12.6. The van der Waals surface area contributed by atoms with Crippen molar-refractivity contribution in [3.8, 4) is 5.75 Å². The second-order valence-electron chi connectivity index (χ2n) is 7.33. The molecule has 2 aromatic rings. The lowest BCUT2D eigenvalue weighted by Crippen LogP contribution is -2.60. The quantitative estimate of drug-likeness (QED) is 0.712. The molecular formula is C21H26BrN2O3+. The van der Waals surface area contributed by atoms with E-state index in [1.54, 1.807) is 0 Å². The van der Waals surface area contributed by atoms with Crippen LogP contribution in [0.4, 0.5) is 0 Å². The summed E-state index contributed by atoms with van der Waals surface area (Å²) in [5.41, 5.74) is 0.733. The second kappa shape index (κ2) is 8.87. The van der Waals surface area contributed by atoms with E-state index in [-0.39, 0.29) is 12.5 Å². The lowest BCUT2D eigenvalue weighted by molar-refractivity contribution is -0.916. The Hall–Kier alpha value is -1.89. The van der Waals surface area contributed by atoms with Crippen LogP contribution in [0.15, 0.2) is 59.1 Å². The number of benzene rings is 2. The van der Waals surface area contributed by atoms with Gasteiger partial charge in [0.25, 0.3) is 5.91 Å². The zero-order valence-corrected chi connectivity index (χ0v) is 17.1. The summed E-state index contributed by atoms with van der Waals surface area (Å²) in [6.07, 6.45) is -0.546. The van der Waals surface area contributed by atoms with Gasteiger partial charge in [-0.15, -0.1) is 0 Å². The number of ether oxygens (including phenoxy) is 1. The molecule has 3 rings (SSSR count). The summed E-state index contributed by atoms with van der Waals surface area (Å²) in [7, 11) is 2.13. The fourth-order valence-corrected chi connectivity index (χ4v) is 3.65. The second-order valence-corrected chi connectivity index (χ2v) is 8.24. The molecule has 0 bridgehead atoms. The van der Waals surface area contributed by atoms with Gasteiger partial charge in [0.2, 0.25) is 0 Å². The van der Waals surface area contributed by atoms with Crippen LogP contribution in [0, 0.1) is 0 Å². The summed E-state index contributed by atoms with van der Waals surface area (Å²) >= 11 is 3.39. The Morgan fingerprint density at radius 2 is 1.78 bits per heavy atom. The molecule has 0 radical (unpaired) electrons. The number of halogens is 1. The number of carbonyl (C=O) groups excluding carboxylic acids is 1. The van der Waals surface area contributed by atoms with E-state index in [0.717, 1.165) is 33.4 Å². The lowest BCUT2D eigenvalue weighted by atomic mass is 10.1. The van der Waals surface area contributed by atoms with Crippen LogP contribution in [0.25, 0.3) is 0 Å². The lowest BCUT2D eigenvalue weighted by Gasteiger charge is -2.42. The van der Waals surface area contributed by atoms with Gasteiger partial charge in [-0.05, 0) is 36.4 Å². The number of amides is 1. The zero-order valence-electron chi connectivity index (χ0n) is 15.6. The summed E-state index contributed by atoms with van der Waals surface area (Å²) in [5.74, 6) is 0.833. The highest BCUT2D eigenvalue weighted by Crippen LogP contribution is 2.17. The van der Waals surface area contributed by atoms with Crippen molar-refractivity contribution in [1.29, 1.82) is 0 Å². The first kappa shape index (κ1) is 19.9. The minimum Gasteiger partial charge on any atom is -0.491 e. The first-order chi connectivity index (χ1) is 13.0. The molecule has 1 unspecified atom stereocenters. The van der Waals surface area contributed by atoms with Gasteiger partial charge in [-0.2, -0.15) is 0 Å². The molecule has 1 atom stereocenters. The molecule has 0 saturated carbocycles. The van der Waals surface area contributed by atoms with Crippen molar-refractivity contribution in [3.63, 3.8) is 0 Å². The van der Waals surface area contributed by atoms with Gasteiger partial charge in [-0.25, -0.2) is 0 Å². The molecule has 5 nitrogen and oxygen atoms in total. The van der Waals surface area contributed by atoms with E-state index >= 15 is 0 Å². The molecule has 0 aliphatic carbocycles. The Kier molecular flexibility index (Phi) is 6.52. The van der Waals surface area contributed by atoms with Gasteiger partial charge in [-0.3, -0.25) is 4.79 Å². The van der Waals surface area contributed by atoms with Crippen LogP contribution in [-0.2, 0) is 0 Å². The molecule has 0 aromatic heterocycles. The van der Waals surface area contributed by atoms with E-state index in [4.69, 9.17) is 4.74 Å². The highest BCUT2D eigenvalue weighted by molar-refractivity contribution is 9.10. The van der Waals surface area contributed by atoms with Crippen LogP contribution >= 0.6 is 15.9 Å². The number of aliphatic hydroxyl groups excluding tert-OH is 1. The van der Waals surface area contributed by atoms with Crippen LogP contribution in [0.2, 0.25) is 0 Å². The maximum absolute atomic E-state index is 12.6. The van der Waals surface area contributed by atoms with Gasteiger partial charge in [0, 0.05) is 10.0 Å². The summed E-state index contributed by atoms with van der Waals surface area (Å²) in [6, 6.07) is 17.0. The van der Waals surface area contributed by atoms with Gasteiger partial charge < -0.3 is 19.2 Å². The Bertz CT molecular complexity index is 744. The van der Waals surface area contributed by atoms with E-state index < -0.39 is 6.10 Å². The van der Waals surface area contributed by atoms with Crippen LogP contribution in [0.5, 0.6) is 5.75 Å². The topological polar surface area (TPSA) is 49.8 Å². The van der Waals surface area contributed by atoms with Crippen molar-refractivity contribution < 1.29 is 19.1 Å². The predicted octanol–water partition coefficient (Wildman–Crippen LogP) is 2.79. The molecule has 27 heavy (non-hydrogen) atoms. The van der Waals surface area contributed by atoms with Crippen molar-refractivity contribution in [2.45, 2.75) is 6.10 Å². The molecule has 1 amide bonds. The van der Waals surface area contributed by atoms with Crippen molar-refractivity contribution in [2.24, 2.45) is 0 Å². The highest BCUT2D eigenvalue weighted by atomic mass is 79.9. The van der Waals surface area contributed by atoms with Gasteiger partial charge in [0.1, 0.15) is 25.0 Å². The van der Waals surface area contributed by atoms with Gasteiger partial charge >= 0.3 is 0 Å². The van der Waals surface area contributed by atoms with E-state index in [9.17, 15) is 9.90 Å². The summed E-state index contributed by atoms with van der Waals surface area (Å²) in [4.78, 5) is 14.5. The third-order valence-corrected chi connectivity index (χ3v) is 5.56. The normalized spacial score (nSPS) is 17.4. The van der Waals surface area contributed by atoms with E-state index in [0.29, 0.717) is 19.6 Å². The number of hydrogen-bond donors (Lipinski definition) is 1. The number of aliphatic hydroxyl groups is 1. The molecule has 6 heteroatoms. The number of likely N-dealkylation sites (N-methyl/N-ethyl adjacent to an activating group) is 1. The number of quaternary nitrogens is 1. The predicted molar refractivity (Wildman–Crippen MR) is 109 cm³/mol. The van der Waals surface area contributed by atoms with Gasteiger partial charge in [-0.1, -0.05) is 34.1 Å². The van der Waals surface area contributed by atoms with Crippen molar-refractivity contribution in [1.82, 2.24) is 4.90 Å². The molecule has 1 N–H and O–H groups in total. The molecule has 1 fully saturated rings. The van der Waals surface area contributed by atoms with Crippen LogP contribution < -0.4 is 4.74 Å². The Balaban J connectivity index is 1.47. The number of hydrogen-bond acceptors (Lipinski definition) is 3. The molecule has 2 aromatic carbocycles. The molecule has 1 saturated heterocycles. The fraction of sp³-hybridized carbons (Fsp3) is 0.381. The van der Waals surface area contributed by atoms with Crippen molar-refractivity contribution >= 4 is 21.8 Å². The molecular weight excluding hydrogens is 408 g/mol. The largest absolute Gasteiger partial charge is 0.491 e. The summed E-state index contributed by atoms with van der Waals surface area (Å²) in [6.45, 7) is 3.93. The standard InChI is InChI=1S/C21H26BrN2O3/c1-24(15-19(25)16-27-20-9-7-18(22)8-10-20)13-11-23(12-14-24)21(26)17-5-3-2-4-6-17/h2-10,19,25H,11-16H2,1H3/q+1. The van der Waals surface area contributed by atoms with E-state index in [1.807, 2.05) is 59.5 Å². The Labute approximate surface area is 168 Å². The summed E-state index contributed by atoms with van der Waals surface area (Å²) in [5, 5.41) is 10.4. The van der Waals surface area contributed by atoms with E-state index in [1.165, 1.54) is 0 Å². The fourth-order valence-electron chi connectivity index (χ4n) is 3.38. The zero-order chi connectivity index (χ0) is 19.3. The minimum atomic E-state index is -0.546. The smallest absolute Gasteiger partial charge is 0.254 e. The number of piperazine rings is 1. The summed E-state index contributed by atoms with van der Waals surface area (Å²) < 4.78 is 7.42. The van der Waals surface area contributed by atoms with Gasteiger partial charge in [0.05, 0.1) is 33.2 Å². The Morgan fingerprint density at radius 3 is 2.41 bits per heavy atom. The van der Waals surface area contributed by atoms with Crippen LogP contribution in [-0.4, -0.2) is 72.9 Å².